The number of hydrogen-bond donors (Lipinski definition) is 3. The molecule has 6 nitrogen and oxygen atoms in total. The minimum atomic E-state index is -1.18. The van der Waals surface area contributed by atoms with Crippen LogP contribution in [0, 0.1) is 5.41 Å². The van der Waals surface area contributed by atoms with Crippen molar-refractivity contribution >= 4 is 11.9 Å². The van der Waals surface area contributed by atoms with E-state index in [2.05, 4.69) is 29.1 Å². The van der Waals surface area contributed by atoms with Gasteiger partial charge in [0, 0.05) is 6.04 Å². The molecule has 0 aromatic carbocycles. The molecule has 1 unspecified atom stereocenters. The number of rotatable bonds is 3. The topological polar surface area (TPSA) is 95.1 Å². The Kier molecular flexibility index (Phi) is 3.11. The van der Waals surface area contributed by atoms with E-state index in [0.29, 0.717) is 0 Å². The average molecular weight is 251 g/mol. The van der Waals surface area contributed by atoms with Crippen molar-refractivity contribution in [1.82, 2.24) is 15.3 Å². The zero-order valence-corrected chi connectivity index (χ0v) is 10.5. The number of carbonyl (C=O) groups is 2. The fourth-order valence-electron chi connectivity index (χ4n) is 2.45. The van der Waals surface area contributed by atoms with E-state index in [1.54, 1.807) is 0 Å². The zero-order valence-electron chi connectivity index (χ0n) is 10.5. The number of carboxylic acids is 1. The number of amides is 1. The van der Waals surface area contributed by atoms with Crippen molar-refractivity contribution in [3.05, 3.63) is 17.7 Å². The molecule has 6 heteroatoms. The molecule has 1 aromatic rings. The summed E-state index contributed by atoms with van der Waals surface area (Å²) in [6.45, 7) is 4.21. The van der Waals surface area contributed by atoms with E-state index in [0.717, 1.165) is 19.3 Å². The van der Waals surface area contributed by atoms with Crippen molar-refractivity contribution in [2.75, 3.05) is 0 Å². The van der Waals surface area contributed by atoms with Crippen LogP contribution in [0.5, 0.6) is 0 Å². The van der Waals surface area contributed by atoms with Gasteiger partial charge >= 0.3 is 5.97 Å². The Hall–Kier alpha value is -1.85. The van der Waals surface area contributed by atoms with Gasteiger partial charge in [0.1, 0.15) is 0 Å². The molecule has 1 heterocycles. The molecule has 1 saturated carbocycles. The van der Waals surface area contributed by atoms with E-state index in [1.807, 2.05) is 0 Å². The summed E-state index contributed by atoms with van der Waals surface area (Å²) in [6, 6.07) is 0.0725. The number of H-pyrrole nitrogens is 1. The van der Waals surface area contributed by atoms with Crippen LogP contribution in [0.25, 0.3) is 0 Å². The van der Waals surface area contributed by atoms with E-state index >= 15 is 0 Å². The lowest BCUT2D eigenvalue weighted by Gasteiger charge is -2.27. The summed E-state index contributed by atoms with van der Waals surface area (Å²) in [7, 11) is 0. The molecule has 3 N–H and O–H groups in total. The number of aromatic amines is 1. The van der Waals surface area contributed by atoms with Gasteiger partial charge in [0.2, 0.25) is 0 Å². The van der Waals surface area contributed by atoms with Crippen molar-refractivity contribution in [2.45, 2.75) is 39.2 Å². The first-order chi connectivity index (χ1) is 8.42. The summed E-state index contributed by atoms with van der Waals surface area (Å²) in [5.41, 5.74) is -0.163. The fourth-order valence-corrected chi connectivity index (χ4v) is 2.45. The van der Waals surface area contributed by atoms with Gasteiger partial charge in [-0.3, -0.25) is 4.79 Å². The van der Waals surface area contributed by atoms with Gasteiger partial charge in [-0.1, -0.05) is 20.3 Å². The molecule has 1 amide bonds. The van der Waals surface area contributed by atoms with Crippen LogP contribution in [0.1, 0.15) is 54.1 Å². The normalized spacial score (nSPS) is 21.8. The first kappa shape index (κ1) is 12.6. The lowest BCUT2D eigenvalue weighted by molar-refractivity contribution is 0.0683. The monoisotopic (exact) mass is 251 g/mol. The molecule has 1 aliphatic carbocycles. The smallest absolute Gasteiger partial charge is 0.354 e. The summed E-state index contributed by atoms with van der Waals surface area (Å²) < 4.78 is 0. The SMILES string of the molecule is CC1(C)CCCC1NC(=O)c1nc[nH]c1C(=O)O. The largest absolute Gasteiger partial charge is 0.477 e. The van der Waals surface area contributed by atoms with Crippen LogP contribution in [0.4, 0.5) is 0 Å². The van der Waals surface area contributed by atoms with E-state index < -0.39 is 11.9 Å². The molecule has 1 aliphatic rings. The van der Waals surface area contributed by atoms with Crippen molar-refractivity contribution in [3.63, 3.8) is 0 Å². The highest BCUT2D eigenvalue weighted by Gasteiger charge is 2.36. The summed E-state index contributed by atoms with van der Waals surface area (Å²) >= 11 is 0. The first-order valence-corrected chi connectivity index (χ1v) is 5.99. The Morgan fingerprint density at radius 2 is 2.28 bits per heavy atom. The predicted octanol–water partition coefficient (Wildman–Crippen LogP) is 1.42. The predicted molar refractivity (Wildman–Crippen MR) is 64.4 cm³/mol. The summed E-state index contributed by atoms with van der Waals surface area (Å²) in [6.07, 6.45) is 4.28. The lowest BCUT2D eigenvalue weighted by Crippen LogP contribution is -2.42. The maximum absolute atomic E-state index is 12.0. The number of imidazole rings is 1. The Morgan fingerprint density at radius 3 is 2.83 bits per heavy atom. The van der Waals surface area contributed by atoms with Gasteiger partial charge < -0.3 is 15.4 Å². The molecular weight excluding hydrogens is 234 g/mol. The number of aromatic nitrogens is 2. The third-order valence-corrected chi connectivity index (χ3v) is 3.63. The van der Waals surface area contributed by atoms with Gasteiger partial charge in [0.05, 0.1) is 6.33 Å². The number of aromatic carboxylic acids is 1. The standard InChI is InChI=1S/C12H17N3O3/c1-12(2)5-3-4-7(12)15-10(16)8-9(11(17)18)14-6-13-8/h6-7H,3-5H2,1-2H3,(H,13,14)(H,15,16)(H,17,18). The fraction of sp³-hybridized carbons (Fsp3) is 0.583. The molecule has 98 valence electrons. The van der Waals surface area contributed by atoms with E-state index in [4.69, 9.17) is 5.11 Å². The molecule has 1 aromatic heterocycles. The maximum atomic E-state index is 12.0. The summed E-state index contributed by atoms with van der Waals surface area (Å²) in [5.74, 6) is -1.60. The van der Waals surface area contributed by atoms with Crippen LogP contribution < -0.4 is 5.32 Å². The third kappa shape index (κ3) is 2.23. The van der Waals surface area contributed by atoms with Crippen LogP contribution in [-0.4, -0.2) is 33.0 Å². The number of carboxylic acid groups (broad SMARTS) is 1. The summed E-state index contributed by atoms with van der Waals surface area (Å²) in [5, 5.41) is 11.8. The first-order valence-electron chi connectivity index (χ1n) is 5.99. The van der Waals surface area contributed by atoms with Gasteiger partial charge in [0.25, 0.3) is 5.91 Å². The molecule has 0 radical (unpaired) electrons. The van der Waals surface area contributed by atoms with Crippen LogP contribution in [0.2, 0.25) is 0 Å². The third-order valence-electron chi connectivity index (χ3n) is 3.63. The van der Waals surface area contributed by atoms with Crippen LogP contribution in [-0.2, 0) is 0 Å². The zero-order chi connectivity index (χ0) is 13.3. The van der Waals surface area contributed by atoms with Crippen molar-refractivity contribution < 1.29 is 14.7 Å². The number of nitrogens with zero attached hydrogens (tertiary/aromatic N) is 1. The van der Waals surface area contributed by atoms with Crippen molar-refractivity contribution in [1.29, 1.82) is 0 Å². The van der Waals surface area contributed by atoms with E-state index in [-0.39, 0.29) is 22.8 Å². The van der Waals surface area contributed by atoms with Gasteiger partial charge in [-0.2, -0.15) is 0 Å². The molecule has 1 atom stereocenters. The molecule has 0 spiro atoms. The Labute approximate surface area is 105 Å². The molecule has 1 fully saturated rings. The highest BCUT2D eigenvalue weighted by molar-refractivity contribution is 6.02. The highest BCUT2D eigenvalue weighted by Crippen LogP contribution is 2.37. The van der Waals surface area contributed by atoms with Crippen LogP contribution >= 0.6 is 0 Å². The van der Waals surface area contributed by atoms with Gasteiger partial charge in [-0.25, -0.2) is 9.78 Å². The quantitative estimate of drug-likeness (QED) is 0.757. The van der Waals surface area contributed by atoms with Gasteiger partial charge in [0.15, 0.2) is 11.4 Å². The molecule has 2 rings (SSSR count). The molecule has 18 heavy (non-hydrogen) atoms. The number of nitrogens with one attached hydrogen (secondary N) is 2. The van der Waals surface area contributed by atoms with E-state index in [1.165, 1.54) is 6.33 Å². The average Bonchev–Trinajstić information content (AvgIpc) is 2.86. The van der Waals surface area contributed by atoms with Crippen LogP contribution in [0.3, 0.4) is 0 Å². The molecular formula is C12H17N3O3. The minimum Gasteiger partial charge on any atom is -0.477 e. The number of carbonyl (C=O) groups excluding carboxylic acids is 1. The Morgan fingerprint density at radius 1 is 1.56 bits per heavy atom. The maximum Gasteiger partial charge on any atom is 0.354 e. The van der Waals surface area contributed by atoms with E-state index in [9.17, 15) is 9.59 Å². The van der Waals surface area contributed by atoms with Gasteiger partial charge in [-0.05, 0) is 18.3 Å². The molecule has 0 aliphatic heterocycles. The Bertz CT molecular complexity index is 479. The van der Waals surface area contributed by atoms with Crippen molar-refractivity contribution in [3.8, 4) is 0 Å². The summed E-state index contributed by atoms with van der Waals surface area (Å²) in [4.78, 5) is 29.2. The molecule has 0 saturated heterocycles. The second-order valence-electron chi connectivity index (χ2n) is 5.34. The minimum absolute atomic E-state index is 0.0507. The second kappa shape index (κ2) is 4.44. The number of hydrogen-bond acceptors (Lipinski definition) is 3. The Balaban J connectivity index is 2.13. The van der Waals surface area contributed by atoms with Crippen LogP contribution in [0.15, 0.2) is 6.33 Å². The molecule has 0 bridgehead atoms. The second-order valence-corrected chi connectivity index (χ2v) is 5.34. The van der Waals surface area contributed by atoms with Crippen molar-refractivity contribution in [2.24, 2.45) is 5.41 Å². The van der Waals surface area contributed by atoms with Gasteiger partial charge in [-0.15, -0.1) is 0 Å². The highest BCUT2D eigenvalue weighted by atomic mass is 16.4. The lowest BCUT2D eigenvalue weighted by atomic mass is 9.87.